The fourth-order valence-electron chi connectivity index (χ4n) is 3.21. The maximum atomic E-state index is 5.56. The zero-order valence-corrected chi connectivity index (χ0v) is 11.6. The van der Waals surface area contributed by atoms with Gasteiger partial charge in [0, 0.05) is 19.2 Å². The molecule has 0 spiro atoms. The molecule has 1 N–H and O–H groups in total. The molecule has 3 heterocycles. The van der Waals surface area contributed by atoms with Gasteiger partial charge in [0.2, 0.25) is 0 Å². The SMILES string of the molecule is CCOc1cncc(N2CC3CCC(CNC3)C2)c1. The summed E-state index contributed by atoms with van der Waals surface area (Å²) in [4.78, 5) is 6.82. The summed E-state index contributed by atoms with van der Waals surface area (Å²) in [5.74, 6) is 2.42. The quantitative estimate of drug-likeness (QED) is 0.902. The van der Waals surface area contributed by atoms with Crippen molar-refractivity contribution in [2.75, 3.05) is 37.7 Å². The normalized spacial score (nSPS) is 26.9. The second-order valence-corrected chi connectivity index (χ2v) is 5.68. The highest BCUT2D eigenvalue weighted by Gasteiger charge is 2.27. The lowest BCUT2D eigenvalue weighted by Crippen LogP contribution is -2.40. The molecule has 19 heavy (non-hydrogen) atoms. The van der Waals surface area contributed by atoms with Crippen molar-refractivity contribution in [1.29, 1.82) is 0 Å². The number of aromatic nitrogens is 1. The third-order valence-electron chi connectivity index (χ3n) is 4.18. The van der Waals surface area contributed by atoms with Crippen LogP contribution < -0.4 is 15.0 Å². The molecule has 0 amide bonds. The maximum absolute atomic E-state index is 5.56. The Hall–Kier alpha value is -1.29. The number of rotatable bonds is 3. The number of hydrogen-bond acceptors (Lipinski definition) is 4. The molecule has 2 atom stereocenters. The lowest BCUT2D eigenvalue weighted by atomic mass is 10.0. The summed E-state index contributed by atoms with van der Waals surface area (Å²) < 4.78 is 5.56. The molecule has 0 saturated carbocycles. The van der Waals surface area contributed by atoms with E-state index in [2.05, 4.69) is 21.3 Å². The van der Waals surface area contributed by atoms with Gasteiger partial charge in [-0.2, -0.15) is 0 Å². The second-order valence-electron chi connectivity index (χ2n) is 5.68. The Bertz CT molecular complexity index is 410. The molecule has 2 aliphatic rings. The van der Waals surface area contributed by atoms with E-state index in [1.165, 1.54) is 18.5 Å². The van der Waals surface area contributed by atoms with Crippen molar-refractivity contribution in [1.82, 2.24) is 10.3 Å². The Morgan fingerprint density at radius 3 is 2.68 bits per heavy atom. The molecule has 0 aromatic carbocycles. The number of hydrogen-bond donors (Lipinski definition) is 1. The molecule has 2 fully saturated rings. The first-order chi connectivity index (χ1) is 9.35. The highest BCUT2D eigenvalue weighted by molar-refractivity contribution is 5.48. The summed E-state index contributed by atoms with van der Waals surface area (Å²) in [6.45, 7) is 7.30. The Morgan fingerprint density at radius 2 is 2.00 bits per heavy atom. The average molecular weight is 261 g/mol. The minimum absolute atomic E-state index is 0.695. The van der Waals surface area contributed by atoms with Gasteiger partial charge in [0.15, 0.2) is 0 Å². The van der Waals surface area contributed by atoms with Crippen LogP contribution in [0.4, 0.5) is 5.69 Å². The van der Waals surface area contributed by atoms with Crippen molar-refractivity contribution < 1.29 is 4.74 Å². The minimum Gasteiger partial charge on any atom is -0.492 e. The predicted octanol–water partition coefficient (Wildman–Crippen LogP) is 1.92. The number of nitrogens with zero attached hydrogens (tertiary/aromatic N) is 2. The number of nitrogens with one attached hydrogen (secondary N) is 1. The number of pyridine rings is 1. The van der Waals surface area contributed by atoms with Crippen LogP contribution in [0, 0.1) is 11.8 Å². The van der Waals surface area contributed by atoms with Gasteiger partial charge in [-0.25, -0.2) is 0 Å². The zero-order chi connectivity index (χ0) is 13.1. The fraction of sp³-hybridized carbons (Fsp3) is 0.667. The van der Waals surface area contributed by atoms with E-state index in [0.29, 0.717) is 6.61 Å². The summed E-state index contributed by atoms with van der Waals surface area (Å²) >= 11 is 0. The van der Waals surface area contributed by atoms with Gasteiger partial charge in [-0.05, 0) is 44.7 Å². The summed E-state index contributed by atoms with van der Waals surface area (Å²) in [6.07, 6.45) is 6.48. The van der Waals surface area contributed by atoms with Crippen LogP contribution in [-0.2, 0) is 0 Å². The van der Waals surface area contributed by atoms with Crippen LogP contribution in [0.15, 0.2) is 18.5 Å². The van der Waals surface area contributed by atoms with E-state index >= 15 is 0 Å². The predicted molar refractivity (Wildman–Crippen MR) is 76.7 cm³/mol. The third-order valence-corrected chi connectivity index (χ3v) is 4.18. The lowest BCUT2D eigenvalue weighted by molar-refractivity contribution is 0.338. The van der Waals surface area contributed by atoms with Crippen molar-refractivity contribution >= 4 is 5.69 Å². The maximum Gasteiger partial charge on any atom is 0.139 e. The number of anilines is 1. The summed E-state index contributed by atoms with van der Waals surface area (Å²) in [7, 11) is 0. The number of fused-ring (bicyclic) bond motifs is 3. The Labute approximate surface area is 115 Å². The first kappa shape index (κ1) is 12.7. The van der Waals surface area contributed by atoms with Gasteiger partial charge in [-0.1, -0.05) is 0 Å². The van der Waals surface area contributed by atoms with E-state index in [4.69, 9.17) is 4.74 Å². The molecule has 104 valence electrons. The first-order valence-electron chi connectivity index (χ1n) is 7.38. The van der Waals surface area contributed by atoms with E-state index < -0.39 is 0 Å². The third kappa shape index (κ3) is 3.00. The van der Waals surface area contributed by atoms with Crippen molar-refractivity contribution in [3.8, 4) is 5.75 Å². The van der Waals surface area contributed by atoms with Gasteiger partial charge in [0.05, 0.1) is 24.7 Å². The largest absolute Gasteiger partial charge is 0.492 e. The van der Waals surface area contributed by atoms with E-state index in [9.17, 15) is 0 Å². The fourth-order valence-corrected chi connectivity index (χ4v) is 3.21. The molecule has 0 radical (unpaired) electrons. The molecule has 2 bridgehead atoms. The Balaban J connectivity index is 1.79. The van der Waals surface area contributed by atoms with Gasteiger partial charge >= 0.3 is 0 Å². The van der Waals surface area contributed by atoms with Crippen LogP contribution in [0.25, 0.3) is 0 Å². The molecule has 4 heteroatoms. The summed E-state index contributed by atoms with van der Waals surface area (Å²) in [6, 6.07) is 2.13. The van der Waals surface area contributed by atoms with Crippen LogP contribution in [0.3, 0.4) is 0 Å². The summed E-state index contributed by atoms with van der Waals surface area (Å²) in [5.41, 5.74) is 1.21. The summed E-state index contributed by atoms with van der Waals surface area (Å²) in [5, 5.41) is 3.59. The van der Waals surface area contributed by atoms with Crippen molar-refractivity contribution in [2.24, 2.45) is 11.8 Å². The van der Waals surface area contributed by atoms with Crippen LogP contribution in [0.5, 0.6) is 5.75 Å². The monoisotopic (exact) mass is 261 g/mol. The molecule has 4 nitrogen and oxygen atoms in total. The molecular formula is C15H23N3O. The zero-order valence-electron chi connectivity index (χ0n) is 11.6. The smallest absolute Gasteiger partial charge is 0.139 e. The van der Waals surface area contributed by atoms with Crippen LogP contribution in [0.2, 0.25) is 0 Å². The van der Waals surface area contributed by atoms with E-state index in [1.54, 1.807) is 6.20 Å². The van der Waals surface area contributed by atoms with E-state index in [-0.39, 0.29) is 0 Å². The molecule has 2 saturated heterocycles. The Morgan fingerprint density at radius 1 is 1.26 bits per heavy atom. The van der Waals surface area contributed by atoms with Gasteiger partial charge in [0.25, 0.3) is 0 Å². The van der Waals surface area contributed by atoms with Crippen molar-refractivity contribution in [2.45, 2.75) is 19.8 Å². The van der Waals surface area contributed by atoms with Crippen molar-refractivity contribution in [3.05, 3.63) is 18.5 Å². The minimum atomic E-state index is 0.695. The molecular weight excluding hydrogens is 238 g/mol. The first-order valence-corrected chi connectivity index (χ1v) is 7.38. The van der Waals surface area contributed by atoms with Gasteiger partial charge in [0.1, 0.15) is 5.75 Å². The Kier molecular flexibility index (Phi) is 3.87. The van der Waals surface area contributed by atoms with Gasteiger partial charge in [-0.3, -0.25) is 4.98 Å². The van der Waals surface area contributed by atoms with E-state index in [1.807, 2.05) is 13.1 Å². The number of ether oxygens (including phenoxy) is 1. The van der Waals surface area contributed by atoms with Gasteiger partial charge in [-0.15, -0.1) is 0 Å². The van der Waals surface area contributed by atoms with Gasteiger partial charge < -0.3 is 15.0 Å². The molecule has 1 aromatic rings. The molecule has 2 aliphatic heterocycles. The molecule has 3 rings (SSSR count). The highest BCUT2D eigenvalue weighted by Crippen LogP contribution is 2.28. The van der Waals surface area contributed by atoms with Crippen LogP contribution in [0.1, 0.15) is 19.8 Å². The topological polar surface area (TPSA) is 37.4 Å². The van der Waals surface area contributed by atoms with Crippen LogP contribution >= 0.6 is 0 Å². The van der Waals surface area contributed by atoms with Crippen LogP contribution in [-0.4, -0.2) is 37.8 Å². The molecule has 0 aliphatic carbocycles. The van der Waals surface area contributed by atoms with Crippen molar-refractivity contribution in [3.63, 3.8) is 0 Å². The highest BCUT2D eigenvalue weighted by atomic mass is 16.5. The lowest BCUT2D eigenvalue weighted by Gasteiger charge is -2.31. The standard InChI is InChI=1S/C15H23N3O/c1-2-19-15-5-14(8-17-9-15)18-10-12-3-4-13(11-18)7-16-6-12/h5,8-9,12-13,16H,2-4,6-7,10-11H2,1H3. The second kappa shape index (κ2) is 5.78. The molecule has 1 aromatic heterocycles. The average Bonchev–Trinajstić information content (AvgIpc) is 2.73. The molecule has 2 unspecified atom stereocenters. The van der Waals surface area contributed by atoms with E-state index in [0.717, 1.165) is 43.8 Å².